The molecule has 0 saturated carbocycles. The van der Waals surface area contributed by atoms with Crippen molar-refractivity contribution in [2.24, 2.45) is 0 Å². The van der Waals surface area contributed by atoms with E-state index in [9.17, 15) is 9.59 Å². The van der Waals surface area contributed by atoms with E-state index in [2.05, 4.69) is 27.9 Å². The first-order valence-corrected chi connectivity index (χ1v) is 8.10. The number of halogens is 1. The van der Waals surface area contributed by atoms with Crippen LogP contribution in [-0.4, -0.2) is 18.2 Å². The van der Waals surface area contributed by atoms with Gasteiger partial charge in [0.1, 0.15) is 0 Å². The lowest BCUT2D eigenvalue weighted by molar-refractivity contribution is 0.0952. The molecule has 1 heterocycles. The number of thiophene rings is 1. The van der Waals surface area contributed by atoms with Crippen molar-refractivity contribution in [3.05, 3.63) is 55.3 Å². The highest BCUT2D eigenvalue weighted by atomic mass is 127. The minimum Gasteiger partial charge on any atom is -0.352 e. The minimum absolute atomic E-state index is 0.0571. The molecule has 0 bridgehead atoms. The third-order valence-corrected chi connectivity index (χ3v) is 4.97. The van der Waals surface area contributed by atoms with Crippen molar-refractivity contribution in [3.63, 3.8) is 0 Å². The number of benzene rings is 1. The molecule has 0 aliphatic rings. The van der Waals surface area contributed by atoms with Gasteiger partial charge in [0, 0.05) is 15.0 Å². The van der Waals surface area contributed by atoms with Gasteiger partial charge in [0.25, 0.3) is 5.91 Å². The first-order chi connectivity index (χ1) is 9.58. The summed E-state index contributed by atoms with van der Waals surface area (Å²) >= 11 is 3.64. The van der Waals surface area contributed by atoms with E-state index in [0.29, 0.717) is 12.1 Å². The first kappa shape index (κ1) is 15.2. The Bertz CT molecular complexity index is 636. The summed E-state index contributed by atoms with van der Waals surface area (Å²) < 4.78 is 0.942. The van der Waals surface area contributed by atoms with Crippen LogP contribution in [0.4, 0.5) is 0 Å². The fourth-order valence-electron chi connectivity index (χ4n) is 1.74. The maximum Gasteiger partial charge on any atom is 0.252 e. The van der Waals surface area contributed by atoms with Crippen LogP contribution in [-0.2, 0) is 6.42 Å². The molecule has 0 aliphatic carbocycles. The van der Waals surface area contributed by atoms with Crippen molar-refractivity contribution in [3.8, 4) is 0 Å². The number of nitrogens with one attached hydrogen (secondary N) is 1. The van der Waals surface area contributed by atoms with Gasteiger partial charge in [0.2, 0.25) is 0 Å². The Hall–Kier alpha value is -1.21. The summed E-state index contributed by atoms with van der Waals surface area (Å²) in [5.74, 6) is 0.0301. The molecule has 0 fully saturated rings. The average Bonchev–Trinajstić information content (AvgIpc) is 2.88. The van der Waals surface area contributed by atoms with Crippen molar-refractivity contribution in [2.45, 2.75) is 13.3 Å². The molecule has 2 rings (SSSR count). The zero-order valence-electron chi connectivity index (χ0n) is 11.0. The van der Waals surface area contributed by atoms with Gasteiger partial charge in [-0.15, -0.1) is 11.3 Å². The molecule has 3 nitrogen and oxygen atoms in total. The largest absolute Gasteiger partial charge is 0.352 e. The summed E-state index contributed by atoms with van der Waals surface area (Å²) in [7, 11) is 0. The van der Waals surface area contributed by atoms with Crippen molar-refractivity contribution < 1.29 is 9.59 Å². The van der Waals surface area contributed by atoms with E-state index in [0.717, 1.165) is 19.7 Å². The van der Waals surface area contributed by atoms with E-state index in [1.807, 2.05) is 36.4 Å². The van der Waals surface area contributed by atoms with Gasteiger partial charge in [-0.25, -0.2) is 0 Å². The molecule has 104 valence electrons. The molecule has 0 aliphatic heterocycles. The second-order valence-corrected chi connectivity index (χ2v) is 6.64. The summed E-state index contributed by atoms with van der Waals surface area (Å²) in [5.41, 5.74) is 0.698. The maximum atomic E-state index is 12.0. The minimum atomic E-state index is -0.0571. The predicted octanol–water partition coefficient (Wildman–Crippen LogP) is 3.53. The molecule has 1 N–H and O–H groups in total. The van der Waals surface area contributed by atoms with Crippen molar-refractivity contribution >= 4 is 45.6 Å². The van der Waals surface area contributed by atoms with E-state index in [1.54, 1.807) is 6.92 Å². The number of Topliss-reactive ketones (excluding diaryl/α,β-unsaturated/α-hetero) is 1. The smallest absolute Gasteiger partial charge is 0.252 e. The third-order valence-electron chi connectivity index (χ3n) is 2.78. The molecule has 0 saturated heterocycles. The predicted molar refractivity (Wildman–Crippen MR) is 89.5 cm³/mol. The SMILES string of the molecule is CC(=O)c1ccc(CCNC(=O)c2ccccc2I)s1. The normalized spacial score (nSPS) is 10.3. The molecular weight excluding hydrogens is 385 g/mol. The molecule has 0 radical (unpaired) electrons. The third kappa shape index (κ3) is 3.89. The quantitative estimate of drug-likeness (QED) is 0.618. The topological polar surface area (TPSA) is 46.2 Å². The van der Waals surface area contributed by atoms with E-state index in [4.69, 9.17) is 0 Å². The molecule has 1 amide bonds. The van der Waals surface area contributed by atoms with Crippen molar-refractivity contribution in [2.75, 3.05) is 6.54 Å². The Morgan fingerprint density at radius 3 is 2.60 bits per heavy atom. The Morgan fingerprint density at radius 1 is 1.20 bits per heavy atom. The molecule has 0 spiro atoms. The lowest BCUT2D eigenvalue weighted by atomic mass is 10.2. The fourth-order valence-corrected chi connectivity index (χ4v) is 3.28. The van der Waals surface area contributed by atoms with Crippen LogP contribution in [0.15, 0.2) is 36.4 Å². The van der Waals surface area contributed by atoms with E-state index in [1.165, 1.54) is 11.3 Å². The van der Waals surface area contributed by atoms with Gasteiger partial charge < -0.3 is 5.32 Å². The van der Waals surface area contributed by atoms with Gasteiger partial charge in [-0.05, 0) is 60.2 Å². The molecular formula is C15H14INO2S. The maximum absolute atomic E-state index is 12.0. The number of carbonyl (C=O) groups is 2. The van der Waals surface area contributed by atoms with Gasteiger partial charge in [0.05, 0.1) is 10.4 Å². The zero-order chi connectivity index (χ0) is 14.5. The molecule has 20 heavy (non-hydrogen) atoms. The summed E-state index contributed by atoms with van der Waals surface area (Å²) in [6.07, 6.45) is 0.743. The van der Waals surface area contributed by atoms with Gasteiger partial charge in [-0.1, -0.05) is 12.1 Å². The second-order valence-electron chi connectivity index (χ2n) is 4.31. The summed E-state index contributed by atoms with van der Waals surface area (Å²) in [6.45, 7) is 2.14. The highest BCUT2D eigenvalue weighted by Crippen LogP contribution is 2.17. The lowest BCUT2D eigenvalue weighted by Crippen LogP contribution is -2.26. The number of rotatable bonds is 5. The van der Waals surface area contributed by atoms with Gasteiger partial charge in [-0.3, -0.25) is 9.59 Å². The van der Waals surface area contributed by atoms with Crippen LogP contribution in [0, 0.1) is 3.57 Å². The fraction of sp³-hybridized carbons (Fsp3) is 0.200. The Kier molecular flexibility index (Phi) is 5.31. The highest BCUT2D eigenvalue weighted by Gasteiger charge is 2.09. The molecule has 1 aromatic carbocycles. The first-order valence-electron chi connectivity index (χ1n) is 6.20. The summed E-state index contributed by atoms with van der Waals surface area (Å²) in [5, 5.41) is 2.90. The standard InChI is InChI=1S/C15H14INO2S/c1-10(18)14-7-6-11(20-14)8-9-17-15(19)12-4-2-3-5-13(12)16/h2-7H,8-9H2,1H3,(H,17,19). The number of ketones is 1. The van der Waals surface area contributed by atoms with Crippen molar-refractivity contribution in [1.29, 1.82) is 0 Å². The molecule has 5 heteroatoms. The van der Waals surface area contributed by atoms with Gasteiger partial charge in [0.15, 0.2) is 5.78 Å². The molecule has 0 unspecified atom stereocenters. The lowest BCUT2D eigenvalue weighted by Gasteiger charge is -2.05. The molecule has 1 aromatic heterocycles. The van der Waals surface area contributed by atoms with Gasteiger partial charge in [-0.2, -0.15) is 0 Å². The molecule has 0 atom stereocenters. The second kappa shape index (κ2) is 6.99. The van der Waals surface area contributed by atoms with E-state index < -0.39 is 0 Å². The summed E-state index contributed by atoms with van der Waals surface area (Å²) in [6, 6.07) is 11.3. The Labute approximate surface area is 135 Å². The monoisotopic (exact) mass is 399 g/mol. The van der Waals surface area contributed by atoms with Crippen LogP contribution in [0.2, 0.25) is 0 Å². The van der Waals surface area contributed by atoms with Crippen LogP contribution in [0.25, 0.3) is 0 Å². The van der Waals surface area contributed by atoms with Gasteiger partial charge >= 0.3 is 0 Å². The number of hydrogen-bond donors (Lipinski definition) is 1. The molecule has 2 aromatic rings. The van der Waals surface area contributed by atoms with Crippen LogP contribution in [0.3, 0.4) is 0 Å². The van der Waals surface area contributed by atoms with E-state index in [-0.39, 0.29) is 11.7 Å². The van der Waals surface area contributed by atoms with Crippen LogP contribution in [0.5, 0.6) is 0 Å². The van der Waals surface area contributed by atoms with Crippen molar-refractivity contribution in [1.82, 2.24) is 5.32 Å². The Balaban J connectivity index is 1.88. The number of hydrogen-bond acceptors (Lipinski definition) is 3. The zero-order valence-corrected chi connectivity index (χ0v) is 14.0. The number of carbonyl (C=O) groups excluding carboxylic acids is 2. The number of amides is 1. The Morgan fingerprint density at radius 2 is 1.95 bits per heavy atom. The van der Waals surface area contributed by atoms with Crippen LogP contribution < -0.4 is 5.32 Å². The van der Waals surface area contributed by atoms with Crippen LogP contribution in [0.1, 0.15) is 31.8 Å². The summed E-state index contributed by atoms with van der Waals surface area (Å²) in [4.78, 5) is 25.1. The van der Waals surface area contributed by atoms with Crippen LogP contribution >= 0.6 is 33.9 Å². The average molecular weight is 399 g/mol. The highest BCUT2D eigenvalue weighted by molar-refractivity contribution is 14.1. The van der Waals surface area contributed by atoms with E-state index >= 15 is 0 Å².